The largest absolute Gasteiger partial charge is 0.348 e. The van der Waals surface area contributed by atoms with E-state index >= 15 is 0 Å². The average molecular weight is 287 g/mol. The molecule has 104 valence electrons. The Kier molecular flexibility index (Phi) is 2.97. The molecule has 0 saturated carbocycles. The minimum Gasteiger partial charge on any atom is -0.348 e. The van der Waals surface area contributed by atoms with Gasteiger partial charge >= 0.3 is 0 Å². The van der Waals surface area contributed by atoms with Gasteiger partial charge in [0, 0.05) is 30.7 Å². The molecule has 4 nitrogen and oxygen atoms in total. The first-order valence-electron chi connectivity index (χ1n) is 7.14. The summed E-state index contributed by atoms with van der Waals surface area (Å²) >= 11 is 1.60. The Morgan fingerprint density at radius 1 is 1.45 bits per heavy atom. The average Bonchev–Trinajstić information content (AvgIpc) is 3.04. The van der Waals surface area contributed by atoms with E-state index in [1.54, 1.807) is 17.5 Å². The van der Waals surface area contributed by atoms with Crippen molar-refractivity contribution in [3.63, 3.8) is 0 Å². The van der Waals surface area contributed by atoms with Gasteiger partial charge in [0.05, 0.1) is 5.56 Å². The number of hydrogen-bond acceptors (Lipinski definition) is 4. The Bertz CT molecular complexity index is 641. The van der Waals surface area contributed by atoms with Crippen molar-refractivity contribution >= 4 is 27.5 Å². The summed E-state index contributed by atoms with van der Waals surface area (Å²) in [6.45, 7) is 3.41. The molecule has 0 aliphatic carbocycles. The van der Waals surface area contributed by atoms with Gasteiger partial charge < -0.3 is 10.2 Å². The van der Waals surface area contributed by atoms with Crippen molar-refractivity contribution in [2.75, 3.05) is 19.6 Å². The van der Waals surface area contributed by atoms with E-state index in [1.165, 1.54) is 19.5 Å². The van der Waals surface area contributed by atoms with E-state index in [-0.39, 0.29) is 5.91 Å². The Morgan fingerprint density at radius 2 is 2.40 bits per heavy atom. The van der Waals surface area contributed by atoms with Gasteiger partial charge in [-0.2, -0.15) is 0 Å². The topological polar surface area (TPSA) is 45.2 Å². The molecule has 4 heterocycles. The summed E-state index contributed by atoms with van der Waals surface area (Å²) < 4.78 is 0. The molecule has 3 unspecified atom stereocenters. The molecule has 2 aliphatic rings. The third-order valence-electron chi connectivity index (χ3n) is 4.37. The van der Waals surface area contributed by atoms with Crippen LogP contribution >= 0.6 is 11.3 Å². The fourth-order valence-electron chi connectivity index (χ4n) is 3.42. The summed E-state index contributed by atoms with van der Waals surface area (Å²) in [7, 11) is 0. The lowest BCUT2D eigenvalue weighted by Crippen LogP contribution is -2.47. The SMILES string of the molecule is O=C(NC1CC2CCN(C2)C1)c1cnc2sccc2c1. The third-order valence-corrected chi connectivity index (χ3v) is 5.21. The van der Waals surface area contributed by atoms with Gasteiger partial charge in [0.2, 0.25) is 0 Å². The van der Waals surface area contributed by atoms with Crippen LogP contribution in [0.1, 0.15) is 23.2 Å². The van der Waals surface area contributed by atoms with Gasteiger partial charge in [0.25, 0.3) is 5.91 Å². The number of amides is 1. The summed E-state index contributed by atoms with van der Waals surface area (Å²) in [6, 6.07) is 4.24. The number of carbonyl (C=O) groups is 1. The first-order chi connectivity index (χ1) is 9.78. The van der Waals surface area contributed by atoms with E-state index in [1.807, 2.05) is 17.5 Å². The molecule has 2 bridgehead atoms. The molecular weight excluding hydrogens is 270 g/mol. The molecule has 4 rings (SSSR count). The van der Waals surface area contributed by atoms with Crippen LogP contribution in [0.5, 0.6) is 0 Å². The summed E-state index contributed by atoms with van der Waals surface area (Å²) in [5.41, 5.74) is 0.670. The molecule has 1 amide bonds. The maximum absolute atomic E-state index is 12.3. The number of nitrogens with zero attached hydrogens (tertiary/aromatic N) is 2. The van der Waals surface area contributed by atoms with Crippen LogP contribution in [0.4, 0.5) is 0 Å². The second-order valence-corrected chi connectivity index (χ2v) is 6.75. The number of pyridine rings is 1. The summed E-state index contributed by atoms with van der Waals surface area (Å²) in [5.74, 6) is 0.782. The number of hydrogen-bond donors (Lipinski definition) is 1. The summed E-state index contributed by atoms with van der Waals surface area (Å²) in [4.78, 5) is 20.1. The Labute approximate surface area is 121 Å². The smallest absolute Gasteiger partial charge is 0.253 e. The molecule has 2 saturated heterocycles. The Morgan fingerprint density at radius 3 is 3.30 bits per heavy atom. The minimum atomic E-state index is 0.0121. The van der Waals surface area contributed by atoms with Crippen molar-refractivity contribution in [1.82, 2.24) is 15.2 Å². The van der Waals surface area contributed by atoms with Gasteiger partial charge in [-0.15, -0.1) is 11.3 Å². The molecule has 1 N–H and O–H groups in total. The summed E-state index contributed by atoms with van der Waals surface area (Å²) in [5, 5.41) is 6.23. The molecule has 0 aromatic carbocycles. The van der Waals surface area contributed by atoms with E-state index < -0.39 is 0 Å². The molecule has 2 aromatic rings. The molecular formula is C15H17N3OS. The molecule has 5 heteroatoms. The number of piperidine rings is 1. The Balaban J connectivity index is 1.49. The Hall–Kier alpha value is -1.46. The number of carbonyl (C=O) groups excluding carboxylic acids is 1. The summed E-state index contributed by atoms with van der Waals surface area (Å²) in [6.07, 6.45) is 4.09. The minimum absolute atomic E-state index is 0.0121. The molecule has 2 fully saturated rings. The van der Waals surface area contributed by atoms with Crippen LogP contribution in [-0.4, -0.2) is 41.5 Å². The number of thiophene rings is 1. The zero-order valence-corrected chi connectivity index (χ0v) is 12.0. The number of aromatic nitrogens is 1. The van der Waals surface area contributed by atoms with Crippen LogP contribution in [0.3, 0.4) is 0 Å². The van der Waals surface area contributed by atoms with Gasteiger partial charge in [-0.1, -0.05) is 0 Å². The molecule has 0 spiro atoms. The first kappa shape index (κ1) is 12.3. The third kappa shape index (κ3) is 2.21. The van der Waals surface area contributed by atoms with Crippen LogP contribution in [0.25, 0.3) is 10.2 Å². The number of nitrogens with one attached hydrogen (secondary N) is 1. The van der Waals surface area contributed by atoms with Crippen molar-refractivity contribution in [2.24, 2.45) is 5.92 Å². The monoisotopic (exact) mass is 287 g/mol. The van der Waals surface area contributed by atoms with Crippen molar-refractivity contribution in [3.8, 4) is 0 Å². The van der Waals surface area contributed by atoms with Crippen LogP contribution in [0.15, 0.2) is 23.7 Å². The molecule has 20 heavy (non-hydrogen) atoms. The van der Waals surface area contributed by atoms with E-state index in [2.05, 4.69) is 15.2 Å². The molecule has 0 radical (unpaired) electrons. The maximum Gasteiger partial charge on any atom is 0.253 e. The van der Waals surface area contributed by atoms with E-state index in [9.17, 15) is 4.79 Å². The lowest BCUT2D eigenvalue weighted by Gasteiger charge is -2.30. The number of fused-ring (bicyclic) bond motifs is 3. The lowest BCUT2D eigenvalue weighted by molar-refractivity contribution is 0.0909. The van der Waals surface area contributed by atoms with Gasteiger partial charge in [-0.05, 0) is 42.8 Å². The molecule has 2 aromatic heterocycles. The van der Waals surface area contributed by atoms with Gasteiger partial charge in [0.1, 0.15) is 4.83 Å². The van der Waals surface area contributed by atoms with Gasteiger partial charge in [0.15, 0.2) is 0 Å². The van der Waals surface area contributed by atoms with Crippen molar-refractivity contribution in [1.29, 1.82) is 0 Å². The van der Waals surface area contributed by atoms with Gasteiger partial charge in [-0.3, -0.25) is 4.79 Å². The van der Waals surface area contributed by atoms with Crippen LogP contribution in [0.2, 0.25) is 0 Å². The highest BCUT2D eigenvalue weighted by Gasteiger charge is 2.32. The first-order valence-corrected chi connectivity index (χ1v) is 8.02. The second-order valence-electron chi connectivity index (χ2n) is 5.86. The van der Waals surface area contributed by atoms with E-state index in [4.69, 9.17) is 0 Å². The highest BCUT2D eigenvalue weighted by Crippen LogP contribution is 2.27. The van der Waals surface area contributed by atoms with Crippen molar-refractivity contribution in [3.05, 3.63) is 29.3 Å². The van der Waals surface area contributed by atoms with Crippen molar-refractivity contribution in [2.45, 2.75) is 18.9 Å². The number of rotatable bonds is 2. The molecule has 3 atom stereocenters. The van der Waals surface area contributed by atoms with Crippen molar-refractivity contribution < 1.29 is 4.79 Å². The quantitative estimate of drug-likeness (QED) is 0.920. The fourth-order valence-corrected chi connectivity index (χ4v) is 4.14. The fraction of sp³-hybridized carbons (Fsp3) is 0.467. The predicted octanol–water partition coefficient (Wildman–Crippen LogP) is 2.12. The van der Waals surface area contributed by atoms with Gasteiger partial charge in [-0.25, -0.2) is 4.98 Å². The van der Waals surface area contributed by atoms with E-state index in [0.29, 0.717) is 11.6 Å². The maximum atomic E-state index is 12.3. The van der Waals surface area contributed by atoms with Crippen LogP contribution in [-0.2, 0) is 0 Å². The zero-order chi connectivity index (χ0) is 13.5. The lowest BCUT2D eigenvalue weighted by atomic mass is 9.96. The van der Waals surface area contributed by atoms with E-state index in [0.717, 1.165) is 29.1 Å². The normalized spacial score (nSPS) is 28.7. The zero-order valence-electron chi connectivity index (χ0n) is 11.2. The predicted molar refractivity (Wildman–Crippen MR) is 80.0 cm³/mol. The second kappa shape index (κ2) is 4.82. The highest BCUT2D eigenvalue weighted by atomic mass is 32.1. The standard InChI is InChI=1S/C15H17N3OS/c19-14(12-6-11-2-4-20-15(11)16-7-12)17-13-5-10-1-3-18(8-10)9-13/h2,4,6-7,10,13H,1,3,5,8-9H2,(H,17,19). The highest BCUT2D eigenvalue weighted by molar-refractivity contribution is 7.16. The van der Waals surface area contributed by atoms with Crippen LogP contribution in [0, 0.1) is 5.92 Å². The molecule has 2 aliphatic heterocycles. The van der Waals surface area contributed by atoms with Crippen LogP contribution < -0.4 is 5.32 Å².